The summed E-state index contributed by atoms with van der Waals surface area (Å²) in [4.78, 5) is 30.6. The highest BCUT2D eigenvalue weighted by Crippen LogP contribution is 2.39. The number of rotatable bonds is 6. The van der Waals surface area contributed by atoms with Crippen molar-refractivity contribution < 1.29 is 4.79 Å². The molecule has 2 unspecified atom stereocenters. The van der Waals surface area contributed by atoms with E-state index in [2.05, 4.69) is 26.7 Å². The van der Waals surface area contributed by atoms with Crippen molar-refractivity contribution in [2.75, 3.05) is 43.4 Å². The van der Waals surface area contributed by atoms with E-state index < -0.39 is 0 Å². The van der Waals surface area contributed by atoms with E-state index in [4.69, 9.17) is 10.8 Å². The van der Waals surface area contributed by atoms with E-state index in [0.717, 1.165) is 62.8 Å². The van der Waals surface area contributed by atoms with E-state index in [1.165, 1.54) is 5.01 Å². The fourth-order valence-electron chi connectivity index (χ4n) is 3.62. The van der Waals surface area contributed by atoms with E-state index in [-0.39, 0.29) is 11.3 Å². The molecule has 1 saturated heterocycles. The maximum Gasteiger partial charge on any atom is 0.272 e. The Hall–Kier alpha value is -1.62. The summed E-state index contributed by atoms with van der Waals surface area (Å²) < 4.78 is 0. The predicted molar refractivity (Wildman–Crippen MR) is 120 cm³/mol. The zero-order chi connectivity index (χ0) is 20.2. The van der Waals surface area contributed by atoms with E-state index >= 15 is 0 Å². The third-order valence-corrected chi connectivity index (χ3v) is 7.78. The van der Waals surface area contributed by atoms with Gasteiger partial charge in [0.05, 0.1) is 5.57 Å². The fourth-order valence-corrected chi connectivity index (χ4v) is 5.78. The van der Waals surface area contributed by atoms with Gasteiger partial charge in [-0.3, -0.25) is 9.69 Å². The number of amidine groups is 1. The molecule has 0 bridgehead atoms. The van der Waals surface area contributed by atoms with Gasteiger partial charge >= 0.3 is 0 Å². The van der Waals surface area contributed by atoms with Gasteiger partial charge in [0, 0.05) is 49.6 Å². The van der Waals surface area contributed by atoms with Crippen molar-refractivity contribution in [2.24, 2.45) is 10.8 Å². The van der Waals surface area contributed by atoms with Crippen molar-refractivity contribution in [2.45, 2.75) is 30.4 Å². The number of piperazine rings is 1. The Balaban J connectivity index is 1.20. The van der Waals surface area contributed by atoms with Crippen LogP contribution in [0.3, 0.4) is 0 Å². The second-order valence-corrected chi connectivity index (χ2v) is 9.61. The number of anilines is 1. The SMILES string of the molecule is CCC1C=C2C(=O)N(N)C(SCCCN3CCN(c4ncccn4)CC3)=NC2S1. The van der Waals surface area contributed by atoms with Crippen LogP contribution in [0.15, 0.2) is 35.1 Å². The lowest BCUT2D eigenvalue weighted by atomic mass is 10.1. The largest absolute Gasteiger partial charge is 0.338 e. The number of aliphatic imine (C=N–C) groups is 1. The first-order chi connectivity index (χ1) is 14.2. The first-order valence-corrected chi connectivity index (χ1v) is 12.0. The molecule has 2 atom stereocenters. The summed E-state index contributed by atoms with van der Waals surface area (Å²) >= 11 is 3.33. The van der Waals surface area contributed by atoms with Crippen LogP contribution >= 0.6 is 23.5 Å². The molecular weight excluding hydrogens is 406 g/mol. The molecule has 3 aliphatic heterocycles. The van der Waals surface area contributed by atoms with Crippen LogP contribution in [0.2, 0.25) is 0 Å². The van der Waals surface area contributed by atoms with E-state index in [1.54, 1.807) is 35.9 Å². The van der Waals surface area contributed by atoms with Crippen LogP contribution in [-0.4, -0.2) is 80.1 Å². The Morgan fingerprint density at radius 2 is 2.00 bits per heavy atom. The normalized spacial score (nSPS) is 25.1. The average Bonchev–Trinajstić information content (AvgIpc) is 3.19. The third-order valence-electron chi connectivity index (χ3n) is 5.29. The van der Waals surface area contributed by atoms with Crippen LogP contribution < -0.4 is 10.7 Å². The molecule has 10 heteroatoms. The predicted octanol–water partition coefficient (Wildman–Crippen LogP) is 1.57. The molecule has 4 heterocycles. The molecule has 2 N–H and O–H groups in total. The van der Waals surface area contributed by atoms with Gasteiger partial charge in [-0.1, -0.05) is 24.8 Å². The molecule has 8 nitrogen and oxygen atoms in total. The number of carbonyl (C=O) groups is 1. The fraction of sp³-hybridized carbons (Fsp3) is 0.579. The molecule has 1 fully saturated rings. The maximum absolute atomic E-state index is 12.5. The first kappa shape index (κ1) is 20.6. The molecule has 4 rings (SSSR count). The Morgan fingerprint density at radius 1 is 1.24 bits per heavy atom. The quantitative estimate of drug-likeness (QED) is 0.411. The summed E-state index contributed by atoms with van der Waals surface area (Å²) in [6, 6.07) is 1.84. The molecule has 3 aliphatic rings. The highest BCUT2D eigenvalue weighted by atomic mass is 32.2. The Kier molecular flexibility index (Phi) is 6.74. The zero-order valence-corrected chi connectivity index (χ0v) is 18.2. The summed E-state index contributed by atoms with van der Waals surface area (Å²) in [6.07, 6.45) is 7.64. The maximum atomic E-state index is 12.5. The minimum atomic E-state index is -0.102. The van der Waals surface area contributed by atoms with Gasteiger partial charge in [0.25, 0.3) is 5.91 Å². The van der Waals surface area contributed by atoms with Crippen LogP contribution in [0.5, 0.6) is 0 Å². The van der Waals surface area contributed by atoms with Gasteiger partial charge in [0.15, 0.2) is 5.17 Å². The Morgan fingerprint density at radius 3 is 2.72 bits per heavy atom. The van der Waals surface area contributed by atoms with Crippen molar-refractivity contribution in [3.63, 3.8) is 0 Å². The van der Waals surface area contributed by atoms with Crippen LogP contribution in [0.1, 0.15) is 19.8 Å². The molecule has 29 heavy (non-hydrogen) atoms. The van der Waals surface area contributed by atoms with Crippen LogP contribution in [0, 0.1) is 0 Å². The number of nitrogens with zero attached hydrogens (tertiary/aromatic N) is 6. The summed E-state index contributed by atoms with van der Waals surface area (Å²) in [7, 11) is 0. The van der Waals surface area contributed by atoms with Gasteiger partial charge in [0.1, 0.15) is 5.37 Å². The second-order valence-electron chi connectivity index (χ2n) is 7.22. The third kappa shape index (κ3) is 4.76. The number of carbonyl (C=O) groups excluding carboxylic acids is 1. The molecule has 1 aromatic rings. The number of hydrogen-bond acceptors (Lipinski definition) is 9. The number of hydrogen-bond donors (Lipinski definition) is 1. The number of aromatic nitrogens is 2. The number of hydrazine groups is 1. The summed E-state index contributed by atoms with van der Waals surface area (Å²) in [5.41, 5.74) is 0.744. The second kappa shape index (κ2) is 9.46. The molecule has 0 spiro atoms. The standard InChI is InChI=1S/C19H27N7OS2/c1-2-14-13-15-16(29-14)23-19(26(20)17(15)27)28-12-4-7-24-8-10-25(11-9-24)18-21-5-3-6-22-18/h3,5-6,13-14,16H,2,4,7-12,20H2,1H3. The first-order valence-electron chi connectivity index (χ1n) is 10.1. The molecule has 156 valence electrons. The van der Waals surface area contributed by atoms with Gasteiger partial charge in [-0.2, -0.15) is 0 Å². The lowest BCUT2D eigenvalue weighted by Crippen LogP contribution is -2.47. The lowest BCUT2D eigenvalue weighted by Gasteiger charge is -2.34. The van der Waals surface area contributed by atoms with Gasteiger partial charge in [0.2, 0.25) is 5.95 Å². The Bertz CT molecular complexity index is 780. The minimum Gasteiger partial charge on any atom is -0.338 e. The van der Waals surface area contributed by atoms with Gasteiger partial charge < -0.3 is 4.90 Å². The molecule has 0 aromatic carbocycles. The number of amides is 1. The molecule has 0 aliphatic carbocycles. The molecule has 1 aromatic heterocycles. The van der Waals surface area contributed by atoms with Gasteiger partial charge in [-0.05, 0) is 25.5 Å². The van der Waals surface area contributed by atoms with Crippen molar-refractivity contribution >= 4 is 40.5 Å². The number of fused-ring (bicyclic) bond motifs is 1. The van der Waals surface area contributed by atoms with Crippen LogP contribution in [-0.2, 0) is 4.79 Å². The van der Waals surface area contributed by atoms with Crippen LogP contribution in [0.25, 0.3) is 0 Å². The topological polar surface area (TPSA) is 91.0 Å². The number of nitrogens with two attached hydrogens (primary N) is 1. The average molecular weight is 434 g/mol. The van der Waals surface area contributed by atoms with Crippen molar-refractivity contribution in [1.29, 1.82) is 0 Å². The van der Waals surface area contributed by atoms with Crippen LogP contribution in [0.4, 0.5) is 5.95 Å². The summed E-state index contributed by atoms with van der Waals surface area (Å²) in [6.45, 7) is 7.07. The van der Waals surface area contributed by atoms with Gasteiger partial charge in [-0.25, -0.2) is 25.8 Å². The lowest BCUT2D eigenvalue weighted by molar-refractivity contribution is -0.123. The smallest absolute Gasteiger partial charge is 0.272 e. The Labute approximate surface area is 180 Å². The molecule has 0 radical (unpaired) electrons. The minimum absolute atomic E-state index is 0.0805. The molecule has 1 amide bonds. The van der Waals surface area contributed by atoms with E-state index in [1.807, 2.05) is 12.1 Å². The number of thioether (sulfide) groups is 2. The van der Waals surface area contributed by atoms with E-state index in [9.17, 15) is 4.79 Å². The van der Waals surface area contributed by atoms with Crippen molar-refractivity contribution in [3.8, 4) is 0 Å². The molecular formula is C19H27N7OS2. The molecule has 0 saturated carbocycles. The highest BCUT2D eigenvalue weighted by molar-refractivity contribution is 8.13. The van der Waals surface area contributed by atoms with Crippen molar-refractivity contribution in [3.05, 3.63) is 30.1 Å². The van der Waals surface area contributed by atoms with E-state index in [0.29, 0.717) is 10.4 Å². The zero-order valence-electron chi connectivity index (χ0n) is 16.6. The van der Waals surface area contributed by atoms with Gasteiger partial charge in [-0.15, -0.1) is 11.8 Å². The summed E-state index contributed by atoms with van der Waals surface area (Å²) in [5, 5.41) is 2.15. The monoisotopic (exact) mass is 433 g/mol. The van der Waals surface area contributed by atoms with Crippen molar-refractivity contribution in [1.82, 2.24) is 19.9 Å². The highest BCUT2D eigenvalue weighted by Gasteiger charge is 2.37. The summed E-state index contributed by atoms with van der Waals surface area (Å²) in [5.74, 6) is 7.63.